The third kappa shape index (κ3) is 3.06. The Bertz CT molecular complexity index is 874. The van der Waals surface area contributed by atoms with Crippen molar-refractivity contribution >= 4 is 23.5 Å². The molecule has 2 fully saturated rings. The van der Waals surface area contributed by atoms with Crippen LogP contribution in [0.2, 0.25) is 5.02 Å². The first kappa shape index (κ1) is 17.3. The van der Waals surface area contributed by atoms with Crippen molar-refractivity contribution in [1.82, 2.24) is 4.90 Å². The molecular formula is C22H22ClNO2. The molecule has 1 saturated carbocycles. The maximum absolute atomic E-state index is 13.1. The van der Waals surface area contributed by atoms with Crippen LogP contribution in [0.3, 0.4) is 0 Å². The number of halogens is 1. The van der Waals surface area contributed by atoms with Gasteiger partial charge in [-0.05, 0) is 67.9 Å². The Balaban J connectivity index is 1.72. The topological polar surface area (TPSA) is 40.5 Å². The van der Waals surface area contributed by atoms with E-state index in [0.29, 0.717) is 11.4 Å². The quantitative estimate of drug-likeness (QED) is 0.798. The van der Waals surface area contributed by atoms with Gasteiger partial charge in [0.1, 0.15) is 5.75 Å². The highest BCUT2D eigenvalue weighted by Gasteiger charge is 2.48. The van der Waals surface area contributed by atoms with Gasteiger partial charge in [-0.25, -0.2) is 0 Å². The standard InChI is InChI=1S/C22H22ClNO2/c1-24-10-9-22(16-3-2-4-18(25)12-16)13-20(24)19(21(26)14-22)11-15-5-7-17(23)8-6-15/h2-8,11-12,20,25H,9-10,13-14H2,1H3/b19-11+/t20-,22+/m0/s1. The van der Waals surface area contributed by atoms with Crippen LogP contribution >= 0.6 is 11.6 Å². The van der Waals surface area contributed by atoms with Crippen molar-refractivity contribution in [2.24, 2.45) is 0 Å². The Labute approximate surface area is 158 Å². The molecule has 0 amide bonds. The van der Waals surface area contributed by atoms with Crippen molar-refractivity contribution < 1.29 is 9.90 Å². The zero-order valence-electron chi connectivity index (χ0n) is 14.8. The monoisotopic (exact) mass is 367 g/mol. The van der Waals surface area contributed by atoms with Crippen molar-refractivity contribution in [1.29, 1.82) is 0 Å². The average Bonchev–Trinajstić information content (AvgIpc) is 2.63. The highest BCUT2D eigenvalue weighted by Crippen LogP contribution is 2.47. The first-order chi connectivity index (χ1) is 12.5. The van der Waals surface area contributed by atoms with E-state index in [1.807, 2.05) is 48.5 Å². The number of aromatic hydroxyl groups is 1. The van der Waals surface area contributed by atoms with Crippen LogP contribution in [0.15, 0.2) is 54.1 Å². The fraction of sp³-hybridized carbons (Fsp3) is 0.318. The molecule has 0 radical (unpaired) electrons. The zero-order valence-corrected chi connectivity index (χ0v) is 15.5. The number of hydrogen-bond acceptors (Lipinski definition) is 3. The number of Topliss-reactive ketones (excluding diaryl/α,β-unsaturated/α-hetero) is 1. The Morgan fingerprint density at radius 3 is 2.73 bits per heavy atom. The number of phenols is 1. The van der Waals surface area contributed by atoms with Crippen molar-refractivity contribution in [3.63, 3.8) is 0 Å². The van der Waals surface area contributed by atoms with E-state index >= 15 is 0 Å². The molecule has 2 bridgehead atoms. The summed E-state index contributed by atoms with van der Waals surface area (Å²) in [6.45, 7) is 0.936. The molecule has 2 atom stereocenters. The number of piperidine rings is 1. The minimum atomic E-state index is -0.176. The molecule has 2 aromatic carbocycles. The minimum Gasteiger partial charge on any atom is -0.508 e. The number of carbonyl (C=O) groups excluding carboxylic acids is 1. The largest absolute Gasteiger partial charge is 0.508 e. The first-order valence-electron chi connectivity index (χ1n) is 8.97. The fourth-order valence-corrected chi connectivity index (χ4v) is 4.52. The van der Waals surface area contributed by atoms with Crippen molar-refractivity contribution in [3.05, 3.63) is 70.3 Å². The fourth-order valence-electron chi connectivity index (χ4n) is 4.39. The van der Waals surface area contributed by atoms with Crippen LogP contribution in [-0.2, 0) is 10.2 Å². The second-order valence-electron chi connectivity index (χ2n) is 7.53. The summed E-state index contributed by atoms with van der Waals surface area (Å²) in [7, 11) is 2.09. The van der Waals surface area contributed by atoms with E-state index in [9.17, 15) is 9.90 Å². The molecule has 1 aliphatic carbocycles. The number of likely N-dealkylation sites (N-methyl/N-ethyl adjacent to an activating group) is 1. The van der Waals surface area contributed by atoms with E-state index in [2.05, 4.69) is 11.9 Å². The number of rotatable bonds is 2. The number of fused-ring (bicyclic) bond motifs is 2. The summed E-state index contributed by atoms with van der Waals surface area (Å²) in [5.41, 5.74) is 2.78. The summed E-state index contributed by atoms with van der Waals surface area (Å²) < 4.78 is 0. The molecule has 4 rings (SSSR count). The molecule has 0 aromatic heterocycles. The number of ketones is 1. The number of benzene rings is 2. The Morgan fingerprint density at radius 2 is 2.00 bits per heavy atom. The number of nitrogens with zero attached hydrogens (tertiary/aromatic N) is 1. The molecule has 134 valence electrons. The molecule has 3 nitrogen and oxygen atoms in total. The lowest BCUT2D eigenvalue weighted by molar-refractivity contribution is -0.120. The molecular weight excluding hydrogens is 346 g/mol. The second kappa shape index (κ2) is 6.57. The maximum atomic E-state index is 13.1. The summed E-state index contributed by atoms with van der Waals surface area (Å²) in [6.07, 6.45) is 4.35. The molecule has 2 aromatic rings. The summed E-state index contributed by atoms with van der Waals surface area (Å²) in [4.78, 5) is 15.4. The summed E-state index contributed by atoms with van der Waals surface area (Å²) in [6, 6.07) is 15.1. The summed E-state index contributed by atoms with van der Waals surface area (Å²) in [5, 5.41) is 10.6. The van der Waals surface area contributed by atoms with Gasteiger partial charge < -0.3 is 5.11 Å². The molecule has 26 heavy (non-hydrogen) atoms. The molecule has 1 aliphatic heterocycles. The van der Waals surface area contributed by atoms with Gasteiger partial charge in [0.25, 0.3) is 0 Å². The van der Waals surface area contributed by atoms with Crippen LogP contribution < -0.4 is 0 Å². The number of carbonyl (C=O) groups is 1. The van der Waals surface area contributed by atoms with Gasteiger partial charge in [-0.2, -0.15) is 0 Å². The SMILES string of the molecule is CN1CC[C@]2(c3cccc(O)c3)CC(=O)/C(=C/c3ccc(Cl)cc3)[C@@H]1C2. The third-order valence-electron chi connectivity index (χ3n) is 5.89. The zero-order chi connectivity index (χ0) is 18.3. The number of hydrogen-bond donors (Lipinski definition) is 1. The van der Waals surface area contributed by atoms with Gasteiger partial charge in [-0.3, -0.25) is 9.69 Å². The molecule has 0 unspecified atom stereocenters. The van der Waals surface area contributed by atoms with Gasteiger partial charge in [-0.15, -0.1) is 0 Å². The van der Waals surface area contributed by atoms with E-state index in [1.54, 1.807) is 6.07 Å². The van der Waals surface area contributed by atoms with Crippen LogP contribution in [0.25, 0.3) is 6.08 Å². The van der Waals surface area contributed by atoms with Gasteiger partial charge >= 0.3 is 0 Å². The summed E-state index contributed by atoms with van der Waals surface area (Å²) >= 11 is 5.97. The van der Waals surface area contributed by atoms with E-state index in [4.69, 9.17) is 11.6 Å². The average molecular weight is 368 g/mol. The van der Waals surface area contributed by atoms with Crippen LogP contribution in [0.4, 0.5) is 0 Å². The lowest BCUT2D eigenvalue weighted by Crippen LogP contribution is -2.53. The Morgan fingerprint density at radius 1 is 1.23 bits per heavy atom. The lowest BCUT2D eigenvalue weighted by Gasteiger charge is -2.50. The second-order valence-corrected chi connectivity index (χ2v) is 7.97. The van der Waals surface area contributed by atoms with Crippen LogP contribution in [-0.4, -0.2) is 35.4 Å². The highest BCUT2D eigenvalue weighted by atomic mass is 35.5. The molecule has 0 spiro atoms. The molecule has 4 heteroatoms. The van der Waals surface area contributed by atoms with E-state index in [1.165, 1.54) is 0 Å². The van der Waals surface area contributed by atoms with Crippen LogP contribution in [0.1, 0.15) is 30.4 Å². The predicted octanol–water partition coefficient (Wildman–Crippen LogP) is 4.43. The Hall–Kier alpha value is -2.10. The lowest BCUT2D eigenvalue weighted by atomic mass is 9.61. The Kier molecular flexibility index (Phi) is 4.37. The van der Waals surface area contributed by atoms with Gasteiger partial charge in [0.05, 0.1) is 0 Å². The van der Waals surface area contributed by atoms with Crippen molar-refractivity contribution in [2.75, 3.05) is 13.6 Å². The molecule has 2 aliphatic rings. The van der Waals surface area contributed by atoms with Gasteiger partial charge in [0.15, 0.2) is 5.78 Å². The highest BCUT2D eigenvalue weighted by molar-refractivity contribution is 6.30. The van der Waals surface area contributed by atoms with Gasteiger partial charge in [0, 0.05) is 28.5 Å². The van der Waals surface area contributed by atoms with Gasteiger partial charge in [0.2, 0.25) is 0 Å². The number of phenolic OH excluding ortho intramolecular Hbond substituents is 1. The smallest absolute Gasteiger partial charge is 0.161 e. The van der Waals surface area contributed by atoms with Crippen molar-refractivity contribution in [2.45, 2.75) is 30.7 Å². The normalized spacial score (nSPS) is 27.7. The van der Waals surface area contributed by atoms with Crippen LogP contribution in [0.5, 0.6) is 5.75 Å². The van der Waals surface area contributed by atoms with E-state index < -0.39 is 0 Å². The summed E-state index contributed by atoms with van der Waals surface area (Å²) in [5.74, 6) is 0.466. The van der Waals surface area contributed by atoms with E-state index in [-0.39, 0.29) is 23.0 Å². The van der Waals surface area contributed by atoms with Crippen molar-refractivity contribution in [3.8, 4) is 5.75 Å². The predicted molar refractivity (Wildman–Crippen MR) is 104 cm³/mol. The minimum absolute atomic E-state index is 0.100. The van der Waals surface area contributed by atoms with Crippen LogP contribution in [0, 0.1) is 0 Å². The molecule has 1 N–H and O–H groups in total. The first-order valence-corrected chi connectivity index (χ1v) is 9.35. The molecule has 1 heterocycles. The van der Waals surface area contributed by atoms with Gasteiger partial charge in [-0.1, -0.05) is 35.9 Å². The molecule has 1 saturated heterocycles. The number of likely N-dealkylation sites (tertiary alicyclic amines) is 1. The third-order valence-corrected chi connectivity index (χ3v) is 6.14. The van der Waals surface area contributed by atoms with E-state index in [0.717, 1.165) is 36.1 Å². The maximum Gasteiger partial charge on any atom is 0.161 e.